The molecule has 0 fully saturated rings. The third-order valence-corrected chi connectivity index (χ3v) is 1.17. The van der Waals surface area contributed by atoms with Gasteiger partial charge < -0.3 is 5.11 Å². The number of pyridine rings is 1. The Labute approximate surface area is 69.4 Å². The summed E-state index contributed by atoms with van der Waals surface area (Å²) in [4.78, 5) is 3.74. The fourth-order valence-corrected chi connectivity index (χ4v) is 0.642. The van der Waals surface area contributed by atoms with Crippen LogP contribution in [0, 0.1) is 0 Å². The molecular weight excluding hydrogens is 166 g/mol. The average Bonchev–Trinajstić information content (AvgIpc) is 2.09. The van der Waals surface area contributed by atoms with Crippen molar-refractivity contribution in [3.63, 3.8) is 0 Å². The minimum Gasteiger partial charge on any atom is -0.857 e. The Hall–Kier alpha value is -1.00. The van der Waals surface area contributed by atoms with Gasteiger partial charge in [-0.3, -0.25) is 0 Å². The summed E-state index contributed by atoms with van der Waals surface area (Å²) in [5, 5.41) is 12.0. The van der Waals surface area contributed by atoms with Crippen molar-refractivity contribution in [3.05, 3.63) is 23.5 Å². The molecule has 0 unspecified atom stereocenters. The molecule has 11 heavy (non-hydrogen) atoms. The Kier molecular flexibility index (Phi) is 5.24. The van der Waals surface area contributed by atoms with Crippen LogP contribution in [0.5, 0.6) is 0 Å². The molecule has 0 spiro atoms. The zero-order valence-corrected chi connectivity index (χ0v) is 6.75. The predicted molar refractivity (Wildman–Crippen MR) is 39.2 cm³/mol. The first kappa shape index (κ1) is 10.0. The molecule has 0 atom stereocenters. The summed E-state index contributed by atoms with van der Waals surface area (Å²) in [5.41, 5.74) is 5.46. The Morgan fingerprint density at radius 3 is 2.64 bits per heavy atom. The van der Waals surface area contributed by atoms with Gasteiger partial charge in [0.05, 0.1) is 0 Å². The first-order valence-electron chi connectivity index (χ1n) is 2.77. The van der Waals surface area contributed by atoms with Crippen LogP contribution in [0.1, 0.15) is 0 Å². The molecule has 0 aliphatic heterocycles. The second-order valence-corrected chi connectivity index (χ2v) is 1.80. The van der Waals surface area contributed by atoms with Crippen molar-refractivity contribution in [3.8, 4) is 0 Å². The highest BCUT2D eigenvalue weighted by atomic mass is 35.5. The van der Waals surface area contributed by atoms with E-state index in [0.717, 1.165) is 7.11 Å². The zero-order chi connectivity index (χ0) is 8.69. The van der Waals surface area contributed by atoms with Gasteiger partial charge in [0.15, 0.2) is 10.8 Å². The van der Waals surface area contributed by atoms with Crippen molar-refractivity contribution >= 4 is 17.3 Å². The van der Waals surface area contributed by atoms with Gasteiger partial charge in [0.2, 0.25) is 0 Å². The van der Waals surface area contributed by atoms with E-state index in [0.29, 0.717) is 10.8 Å². The van der Waals surface area contributed by atoms with Crippen molar-refractivity contribution in [1.82, 2.24) is 4.98 Å². The highest BCUT2D eigenvalue weighted by molar-refractivity contribution is 6.31. The average molecular weight is 174 g/mol. The largest absolute Gasteiger partial charge is 0.857 e. The molecule has 4 nitrogen and oxygen atoms in total. The maximum atomic E-state index is 8.25. The lowest BCUT2D eigenvalue weighted by atomic mass is 10.4. The molecule has 0 amide bonds. The van der Waals surface area contributed by atoms with Crippen LogP contribution in [-0.4, -0.2) is 12.1 Å². The summed E-state index contributed by atoms with van der Waals surface area (Å²) in [5.74, 6) is 0. The van der Waals surface area contributed by atoms with Crippen molar-refractivity contribution in [1.29, 1.82) is 0 Å². The SMILES string of the molecule is C[O-].[NH2+]=Nc1cccnc1Cl. The van der Waals surface area contributed by atoms with Crippen LogP contribution in [0.2, 0.25) is 5.15 Å². The normalized spacial score (nSPS) is 7.91. The number of nitrogens with two attached hydrogens (primary N) is 1. The van der Waals surface area contributed by atoms with Crippen LogP contribution in [-0.2, 0) is 0 Å². The van der Waals surface area contributed by atoms with Gasteiger partial charge in [-0.05, 0) is 17.2 Å². The quantitative estimate of drug-likeness (QED) is 0.462. The number of aromatic nitrogens is 1. The van der Waals surface area contributed by atoms with Gasteiger partial charge in [-0.25, -0.2) is 4.98 Å². The first-order valence-corrected chi connectivity index (χ1v) is 3.14. The molecule has 0 saturated heterocycles. The third-order valence-electron chi connectivity index (χ3n) is 0.878. The second-order valence-electron chi connectivity index (χ2n) is 1.44. The Morgan fingerprint density at radius 1 is 1.64 bits per heavy atom. The van der Waals surface area contributed by atoms with E-state index < -0.39 is 0 Å². The Balaban J connectivity index is 0.000000461. The minimum atomic E-state index is 0.333. The molecule has 2 N–H and O–H groups in total. The molecule has 5 heteroatoms. The molecule has 0 bridgehead atoms. The van der Waals surface area contributed by atoms with E-state index in [1.165, 1.54) is 0 Å². The summed E-state index contributed by atoms with van der Waals surface area (Å²) in [6.07, 6.45) is 1.58. The lowest BCUT2D eigenvalue weighted by molar-refractivity contribution is -0.325. The molecule has 1 heterocycles. The summed E-state index contributed by atoms with van der Waals surface area (Å²) >= 11 is 5.54. The summed E-state index contributed by atoms with van der Waals surface area (Å²) in [6.45, 7) is 0. The van der Waals surface area contributed by atoms with E-state index in [2.05, 4.69) is 10.1 Å². The second kappa shape index (κ2) is 5.76. The third kappa shape index (κ3) is 3.06. The van der Waals surface area contributed by atoms with E-state index in [1.807, 2.05) is 0 Å². The lowest BCUT2D eigenvalue weighted by Crippen LogP contribution is -2.22. The maximum absolute atomic E-state index is 8.25. The zero-order valence-electron chi connectivity index (χ0n) is 5.99. The summed E-state index contributed by atoms with van der Waals surface area (Å²) < 4.78 is 0. The van der Waals surface area contributed by atoms with Crippen LogP contribution < -0.4 is 10.6 Å². The summed E-state index contributed by atoms with van der Waals surface area (Å²) in [6, 6.07) is 3.41. The molecule has 0 aliphatic carbocycles. The first-order chi connectivity index (χ1) is 5.34. The van der Waals surface area contributed by atoms with Gasteiger partial charge in [-0.2, -0.15) is 12.6 Å². The molecule has 0 aromatic carbocycles. The number of hydrogen-bond donors (Lipinski definition) is 1. The van der Waals surface area contributed by atoms with Gasteiger partial charge in [0, 0.05) is 6.20 Å². The molecule has 1 aromatic heterocycles. The van der Waals surface area contributed by atoms with Crippen molar-refractivity contribution < 1.29 is 10.6 Å². The topological polar surface area (TPSA) is 73.9 Å². The molecule has 0 saturated carbocycles. The fraction of sp³-hybridized carbons (Fsp3) is 0.167. The maximum Gasteiger partial charge on any atom is 0.167 e. The number of halogens is 1. The highest BCUT2D eigenvalue weighted by Gasteiger charge is 1.96. The highest BCUT2D eigenvalue weighted by Crippen LogP contribution is 2.18. The van der Waals surface area contributed by atoms with Crippen molar-refractivity contribution in [2.45, 2.75) is 0 Å². The Bertz CT molecular complexity index is 229. The van der Waals surface area contributed by atoms with Crippen LogP contribution >= 0.6 is 11.6 Å². The molecule has 1 aromatic rings. The predicted octanol–water partition coefficient (Wildman–Crippen LogP) is -0.446. The molecule has 0 radical (unpaired) electrons. The summed E-state index contributed by atoms with van der Waals surface area (Å²) in [7, 11) is 0.750. The van der Waals surface area contributed by atoms with Gasteiger partial charge in [0.25, 0.3) is 0 Å². The van der Waals surface area contributed by atoms with Crippen LogP contribution in [0.4, 0.5) is 5.69 Å². The number of nitrogens with zero attached hydrogens (tertiary/aromatic N) is 2. The van der Waals surface area contributed by atoms with E-state index >= 15 is 0 Å². The van der Waals surface area contributed by atoms with E-state index in [1.54, 1.807) is 18.3 Å². The smallest absolute Gasteiger partial charge is 0.167 e. The van der Waals surface area contributed by atoms with Crippen molar-refractivity contribution in [2.75, 3.05) is 7.11 Å². The Morgan fingerprint density at radius 2 is 2.27 bits per heavy atom. The van der Waals surface area contributed by atoms with E-state index in [4.69, 9.17) is 22.2 Å². The van der Waals surface area contributed by atoms with E-state index in [-0.39, 0.29) is 0 Å². The molecule has 0 aliphatic rings. The monoisotopic (exact) mass is 173 g/mol. The van der Waals surface area contributed by atoms with Gasteiger partial charge in [0.1, 0.15) is 0 Å². The number of rotatable bonds is 1. The van der Waals surface area contributed by atoms with Crippen LogP contribution in [0.3, 0.4) is 0 Å². The molecule has 1 rings (SSSR count). The van der Waals surface area contributed by atoms with Crippen LogP contribution in [0.15, 0.2) is 23.4 Å². The van der Waals surface area contributed by atoms with Crippen LogP contribution in [0.25, 0.3) is 0 Å². The lowest BCUT2D eigenvalue weighted by Gasteiger charge is -1.86. The van der Waals surface area contributed by atoms with Gasteiger partial charge in [-0.15, -0.1) is 0 Å². The molecule has 60 valence electrons. The minimum absolute atomic E-state index is 0.333. The van der Waals surface area contributed by atoms with Crippen molar-refractivity contribution in [2.24, 2.45) is 5.11 Å². The van der Waals surface area contributed by atoms with Gasteiger partial charge >= 0.3 is 0 Å². The molecular formula is C6H8ClN3O. The van der Waals surface area contributed by atoms with E-state index in [9.17, 15) is 0 Å². The number of hydrogen-bond acceptors (Lipinski definition) is 3. The fourth-order valence-electron chi connectivity index (χ4n) is 0.474. The van der Waals surface area contributed by atoms with Gasteiger partial charge in [-0.1, -0.05) is 11.6 Å². The standard InChI is InChI=1S/C5H4ClN3.CH3O/c6-5-4(9-7)2-1-3-8-5;1-2/h1-3,7H;1H3/q;-1/p+1.